The summed E-state index contributed by atoms with van der Waals surface area (Å²) in [6.07, 6.45) is 1.58. The summed E-state index contributed by atoms with van der Waals surface area (Å²) in [6, 6.07) is 1.34. The van der Waals surface area contributed by atoms with Gasteiger partial charge in [0.25, 0.3) is 6.43 Å². The quantitative estimate of drug-likeness (QED) is 0.832. The number of amides is 1. The van der Waals surface area contributed by atoms with E-state index in [-0.39, 0.29) is 36.0 Å². The first-order valence-electron chi connectivity index (χ1n) is 8.32. The molecule has 8 heteroatoms. The maximum Gasteiger partial charge on any atom is 0.306 e. The highest BCUT2D eigenvalue weighted by Gasteiger charge is 2.31. The van der Waals surface area contributed by atoms with Gasteiger partial charge in [-0.15, -0.1) is 0 Å². The Bertz CT molecular complexity index is 620. The summed E-state index contributed by atoms with van der Waals surface area (Å²) in [6.45, 7) is -0.0720. The molecule has 0 aliphatic heterocycles. The van der Waals surface area contributed by atoms with Crippen LogP contribution in [0.4, 0.5) is 8.78 Å². The summed E-state index contributed by atoms with van der Waals surface area (Å²) < 4.78 is 27.1. The third-order valence-electron chi connectivity index (χ3n) is 4.78. The molecule has 1 aromatic rings. The average Bonchev–Trinajstić information content (AvgIpc) is 3.28. The maximum absolute atomic E-state index is 12.8. The highest BCUT2D eigenvalue weighted by molar-refractivity contribution is 5.76. The fourth-order valence-corrected chi connectivity index (χ4v) is 3.29. The van der Waals surface area contributed by atoms with Crippen molar-refractivity contribution in [1.29, 1.82) is 0 Å². The van der Waals surface area contributed by atoms with Crippen molar-refractivity contribution in [3.05, 3.63) is 17.5 Å². The Morgan fingerprint density at radius 1 is 1.25 bits per heavy atom. The van der Waals surface area contributed by atoms with E-state index in [1.54, 1.807) is 0 Å². The largest absolute Gasteiger partial charge is 0.481 e. The van der Waals surface area contributed by atoms with E-state index in [1.807, 2.05) is 0 Å². The van der Waals surface area contributed by atoms with E-state index in [0.29, 0.717) is 31.4 Å². The van der Waals surface area contributed by atoms with Crippen LogP contribution in [0.2, 0.25) is 0 Å². The minimum atomic E-state index is -2.64. The third kappa shape index (κ3) is 3.91. The number of carboxylic acid groups (broad SMARTS) is 1. The Hall–Kier alpha value is -1.99. The molecule has 1 aromatic heterocycles. The van der Waals surface area contributed by atoms with Crippen molar-refractivity contribution in [2.75, 3.05) is 0 Å². The molecule has 2 saturated carbocycles. The summed E-state index contributed by atoms with van der Waals surface area (Å²) in [5.41, 5.74) is 0.418. The van der Waals surface area contributed by atoms with Crippen LogP contribution in [0.15, 0.2) is 6.07 Å². The van der Waals surface area contributed by atoms with Crippen LogP contribution in [0, 0.1) is 5.92 Å². The zero-order valence-corrected chi connectivity index (χ0v) is 13.3. The number of aromatic nitrogens is 2. The summed E-state index contributed by atoms with van der Waals surface area (Å²) in [7, 11) is 0. The lowest BCUT2D eigenvalue weighted by atomic mass is 9.86. The van der Waals surface area contributed by atoms with Gasteiger partial charge in [-0.1, -0.05) is 0 Å². The smallest absolute Gasteiger partial charge is 0.306 e. The van der Waals surface area contributed by atoms with Crippen molar-refractivity contribution < 1.29 is 23.5 Å². The minimum Gasteiger partial charge on any atom is -0.481 e. The summed E-state index contributed by atoms with van der Waals surface area (Å²) >= 11 is 0. The summed E-state index contributed by atoms with van der Waals surface area (Å²) in [4.78, 5) is 23.1. The second-order valence-corrected chi connectivity index (χ2v) is 6.68. The van der Waals surface area contributed by atoms with Gasteiger partial charge in [0.05, 0.1) is 5.92 Å². The van der Waals surface area contributed by atoms with Gasteiger partial charge < -0.3 is 10.4 Å². The zero-order valence-electron chi connectivity index (χ0n) is 13.3. The summed E-state index contributed by atoms with van der Waals surface area (Å²) in [5.74, 6) is -1.16. The predicted molar refractivity (Wildman–Crippen MR) is 80.7 cm³/mol. The lowest BCUT2D eigenvalue weighted by Crippen LogP contribution is -2.40. The van der Waals surface area contributed by atoms with Crippen molar-refractivity contribution in [2.24, 2.45) is 5.92 Å². The van der Waals surface area contributed by atoms with E-state index in [4.69, 9.17) is 5.11 Å². The minimum absolute atomic E-state index is 0.0531. The molecule has 0 spiro atoms. The normalized spacial score (nSPS) is 24.1. The third-order valence-corrected chi connectivity index (χ3v) is 4.78. The first-order chi connectivity index (χ1) is 11.4. The molecule has 1 heterocycles. The van der Waals surface area contributed by atoms with E-state index < -0.39 is 12.4 Å². The van der Waals surface area contributed by atoms with Gasteiger partial charge in [0.15, 0.2) is 0 Å². The number of hydrogen-bond donors (Lipinski definition) is 2. The van der Waals surface area contributed by atoms with Crippen molar-refractivity contribution in [3.8, 4) is 0 Å². The standard InChI is InChI=1S/C16H21F2N3O3/c17-15(18)12-7-13(9-1-2-9)21(20-12)8-14(22)19-11-5-3-10(4-6-11)16(23)24/h7,9-11,15H,1-6,8H2,(H,19,22)(H,23,24). The van der Waals surface area contributed by atoms with Gasteiger partial charge in [-0.2, -0.15) is 5.10 Å². The summed E-state index contributed by atoms with van der Waals surface area (Å²) in [5, 5.41) is 15.7. The maximum atomic E-state index is 12.8. The number of aliphatic carboxylic acids is 1. The molecule has 132 valence electrons. The van der Waals surface area contributed by atoms with Gasteiger partial charge >= 0.3 is 5.97 Å². The molecule has 0 radical (unpaired) electrons. The van der Waals surface area contributed by atoms with Crippen molar-refractivity contribution in [1.82, 2.24) is 15.1 Å². The zero-order chi connectivity index (χ0) is 17.3. The van der Waals surface area contributed by atoms with Crippen molar-refractivity contribution >= 4 is 11.9 Å². The van der Waals surface area contributed by atoms with Crippen LogP contribution in [0.1, 0.15) is 62.3 Å². The van der Waals surface area contributed by atoms with Crippen molar-refractivity contribution in [3.63, 3.8) is 0 Å². The molecule has 0 aromatic carbocycles. The lowest BCUT2D eigenvalue weighted by molar-refractivity contribution is -0.142. The number of rotatable bonds is 6. The monoisotopic (exact) mass is 341 g/mol. The molecule has 6 nitrogen and oxygen atoms in total. The fraction of sp³-hybridized carbons (Fsp3) is 0.688. The van der Waals surface area contributed by atoms with E-state index in [9.17, 15) is 18.4 Å². The molecule has 2 fully saturated rings. The number of alkyl halides is 2. The second kappa shape index (κ2) is 6.86. The Labute approximate surface area is 138 Å². The molecule has 0 saturated heterocycles. The number of halogens is 2. The van der Waals surface area contributed by atoms with E-state index in [0.717, 1.165) is 12.8 Å². The van der Waals surface area contributed by atoms with Crippen molar-refractivity contribution in [2.45, 2.75) is 63.5 Å². The average molecular weight is 341 g/mol. The molecule has 0 bridgehead atoms. The lowest BCUT2D eigenvalue weighted by Gasteiger charge is -2.26. The van der Waals surface area contributed by atoms with Crippen LogP contribution in [-0.4, -0.2) is 32.8 Å². The highest BCUT2D eigenvalue weighted by Crippen LogP contribution is 2.41. The van der Waals surface area contributed by atoms with E-state index in [1.165, 1.54) is 10.7 Å². The van der Waals surface area contributed by atoms with Crippen LogP contribution < -0.4 is 5.32 Å². The van der Waals surface area contributed by atoms with Gasteiger partial charge in [-0.05, 0) is 44.6 Å². The van der Waals surface area contributed by atoms with Gasteiger partial charge in [0.1, 0.15) is 12.2 Å². The first kappa shape index (κ1) is 16.9. The molecule has 24 heavy (non-hydrogen) atoms. The number of nitrogens with one attached hydrogen (secondary N) is 1. The molecule has 2 aliphatic rings. The molecule has 2 aliphatic carbocycles. The van der Waals surface area contributed by atoms with Gasteiger partial charge in [0, 0.05) is 17.7 Å². The molecular weight excluding hydrogens is 320 g/mol. The topological polar surface area (TPSA) is 84.2 Å². The Morgan fingerprint density at radius 3 is 2.46 bits per heavy atom. The van der Waals surface area contributed by atoms with E-state index >= 15 is 0 Å². The number of carbonyl (C=O) groups excluding carboxylic acids is 1. The van der Waals surface area contributed by atoms with Gasteiger partial charge in [-0.3, -0.25) is 14.3 Å². The SMILES string of the molecule is O=C(Cn1nc(C(F)F)cc1C1CC1)NC1CCC(C(=O)O)CC1. The molecule has 1 amide bonds. The highest BCUT2D eigenvalue weighted by atomic mass is 19.3. The van der Waals surface area contributed by atoms with Crippen LogP contribution in [0.3, 0.4) is 0 Å². The fourth-order valence-electron chi connectivity index (χ4n) is 3.29. The second-order valence-electron chi connectivity index (χ2n) is 6.68. The Morgan fingerprint density at radius 2 is 1.92 bits per heavy atom. The van der Waals surface area contributed by atoms with Gasteiger partial charge in [-0.25, -0.2) is 8.78 Å². The molecule has 0 unspecified atom stereocenters. The van der Waals surface area contributed by atoms with E-state index in [2.05, 4.69) is 10.4 Å². The van der Waals surface area contributed by atoms with Gasteiger partial charge in [0.2, 0.25) is 5.91 Å². The molecular formula is C16H21F2N3O3. The van der Waals surface area contributed by atoms with Crippen LogP contribution in [0.25, 0.3) is 0 Å². The number of carbonyl (C=O) groups is 2. The van der Waals surface area contributed by atoms with Crippen LogP contribution >= 0.6 is 0 Å². The molecule has 0 atom stereocenters. The first-order valence-corrected chi connectivity index (χ1v) is 8.32. The number of nitrogens with zero attached hydrogens (tertiary/aromatic N) is 2. The van der Waals surface area contributed by atoms with Crippen LogP contribution in [-0.2, 0) is 16.1 Å². The number of hydrogen-bond acceptors (Lipinski definition) is 3. The Balaban J connectivity index is 1.56. The molecule has 2 N–H and O–H groups in total. The Kier molecular flexibility index (Phi) is 4.82. The number of carboxylic acids is 1. The van der Waals surface area contributed by atoms with Crippen LogP contribution in [0.5, 0.6) is 0 Å². The predicted octanol–water partition coefficient (Wildman–Crippen LogP) is 2.46. The molecule has 3 rings (SSSR count).